The Morgan fingerprint density at radius 1 is 1.45 bits per heavy atom. The average Bonchev–Trinajstić information content (AvgIpc) is 2.66. The molecule has 0 radical (unpaired) electrons. The van der Waals surface area contributed by atoms with Gasteiger partial charge in [0.1, 0.15) is 5.69 Å². The summed E-state index contributed by atoms with van der Waals surface area (Å²) in [6.07, 6.45) is 1.54. The SMILES string of the molecule is Cc1nn(C)c(N/N=C/c2ccc(Cl)cc2)c1[N+](=O)[O-]. The van der Waals surface area contributed by atoms with Gasteiger partial charge in [0.15, 0.2) is 0 Å². The Bertz CT molecular complexity index is 663. The quantitative estimate of drug-likeness (QED) is 0.533. The lowest BCUT2D eigenvalue weighted by molar-refractivity contribution is -0.384. The number of nitrogens with zero attached hydrogens (tertiary/aromatic N) is 4. The molecule has 0 saturated carbocycles. The summed E-state index contributed by atoms with van der Waals surface area (Å²) < 4.78 is 1.38. The fourth-order valence-electron chi connectivity index (χ4n) is 1.71. The van der Waals surface area contributed by atoms with E-state index in [4.69, 9.17) is 11.6 Å². The van der Waals surface area contributed by atoms with E-state index in [-0.39, 0.29) is 11.5 Å². The average molecular weight is 294 g/mol. The maximum atomic E-state index is 11.0. The molecule has 0 bridgehead atoms. The van der Waals surface area contributed by atoms with E-state index < -0.39 is 4.92 Å². The van der Waals surface area contributed by atoms with Crippen LogP contribution in [0.25, 0.3) is 0 Å². The first kappa shape index (κ1) is 14.0. The Kier molecular flexibility index (Phi) is 3.99. The second-order valence-electron chi connectivity index (χ2n) is 4.08. The van der Waals surface area contributed by atoms with E-state index in [9.17, 15) is 10.1 Å². The van der Waals surface area contributed by atoms with Crippen LogP contribution in [0.1, 0.15) is 11.3 Å². The first-order valence-electron chi connectivity index (χ1n) is 5.71. The second-order valence-corrected chi connectivity index (χ2v) is 4.52. The standard InChI is InChI=1S/C12H12ClN5O2/c1-8-11(18(19)20)12(17(2)16-8)15-14-7-9-3-5-10(13)6-4-9/h3-7,15H,1-2H3/b14-7+. The van der Waals surface area contributed by atoms with Gasteiger partial charge in [-0.1, -0.05) is 23.7 Å². The minimum absolute atomic E-state index is 0.0826. The van der Waals surface area contributed by atoms with Crippen molar-refractivity contribution in [2.24, 2.45) is 12.1 Å². The van der Waals surface area contributed by atoms with Gasteiger partial charge in [-0.25, -0.2) is 4.68 Å². The normalized spacial score (nSPS) is 10.9. The molecule has 0 atom stereocenters. The predicted molar refractivity (Wildman–Crippen MR) is 77.3 cm³/mol. The minimum Gasteiger partial charge on any atom is -0.258 e. The van der Waals surface area contributed by atoms with E-state index in [2.05, 4.69) is 15.6 Å². The molecule has 0 fully saturated rings. The van der Waals surface area contributed by atoms with Crippen molar-refractivity contribution in [1.29, 1.82) is 0 Å². The van der Waals surface area contributed by atoms with Crippen molar-refractivity contribution in [2.45, 2.75) is 6.92 Å². The number of halogens is 1. The zero-order valence-corrected chi connectivity index (χ0v) is 11.6. The highest BCUT2D eigenvalue weighted by Crippen LogP contribution is 2.27. The lowest BCUT2D eigenvalue weighted by atomic mass is 10.2. The van der Waals surface area contributed by atoms with Crippen molar-refractivity contribution < 1.29 is 4.92 Å². The number of rotatable bonds is 4. The number of hydrogen-bond acceptors (Lipinski definition) is 5. The van der Waals surface area contributed by atoms with Gasteiger partial charge in [-0.05, 0) is 24.6 Å². The highest BCUT2D eigenvalue weighted by molar-refractivity contribution is 6.30. The van der Waals surface area contributed by atoms with Crippen LogP contribution in [0.3, 0.4) is 0 Å². The Hall–Kier alpha value is -2.41. The van der Waals surface area contributed by atoms with E-state index in [1.54, 1.807) is 44.5 Å². The summed E-state index contributed by atoms with van der Waals surface area (Å²) in [4.78, 5) is 10.5. The third kappa shape index (κ3) is 2.94. The molecular weight excluding hydrogens is 282 g/mol. The summed E-state index contributed by atoms with van der Waals surface area (Å²) in [7, 11) is 1.61. The van der Waals surface area contributed by atoms with Crippen LogP contribution in [0, 0.1) is 17.0 Å². The Morgan fingerprint density at radius 3 is 2.70 bits per heavy atom. The van der Waals surface area contributed by atoms with Gasteiger partial charge in [-0.15, -0.1) is 0 Å². The number of nitrogens with one attached hydrogen (secondary N) is 1. The molecular formula is C12H12ClN5O2. The molecule has 2 aromatic rings. The van der Waals surface area contributed by atoms with E-state index >= 15 is 0 Å². The summed E-state index contributed by atoms with van der Waals surface area (Å²) in [6, 6.07) is 7.05. The molecule has 20 heavy (non-hydrogen) atoms. The largest absolute Gasteiger partial charge is 0.335 e. The molecule has 7 nitrogen and oxygen atoms in total. The molecule has 0 spiro atoms. The van der Waals surface area contributed by atoms with Crippen LogP contribution in [0.5, 0.6) is 0 Å². The zero-order chi connectivity index (χ0) is 14.7. The molecule has 104 valence electrons. The smallest absolute Gasteiger partial charge is 0.258 e. The van der Waals surface area contributed by atoms with Gasteiger partial charge < -0.3 is 0 Å². The monoisotopic (exact) mass is 293 g/mol. The molecule has 2 rings (SSSR count). The number of nitro groups is 1. The summed E-state index contributed by atoms with van der Waals surface area (Å²) in [5.41, 5.74) is 3.72. The van der Waals surface area contributed by atoms with Gasteiger partial charge in [0.25, 0.3) is 0 Å². The number of aryl methyl sites for hydroxylation is 2. The third-order valence-corrected chi connectivity index (χ3v) is 2.88. The minimum atomic E-state index is -0.484. The molecule has 1 aromatic carbocycles. The molecule has 0 aliphatic heterocycles. The summed E-state index contributed by atoms with van der Waals surface area (Å²) >= 11 is 5.77. The van der Waals surface area contributed by atoms with Crippen LogP contribution in [-0.2, 0) is 7.05 Å². The fourth-order valence-corrected chi connectivity index (χ4v) is 1.83. The van der Waals surface area contributed by atoms with Crippen molar-refractivity contribution in [2.75, 3.05) is 5.43 Å². The Morgan fingerprint density at radius 2 is 2.10 bits per heavy atom. The summed E-state index contributed by atoms with van der Waals surface area (Å²) in [5.74, 6) is 0.234. The van der Waals surface area contributed by atoms with Gasteiger partial charge in [-0.3, -0.25) is 15.5 Å². The third-order valence-electron chi connectivity index (χ3n) is 2.63. The number of hydrogen-bond donors (Lipinski definition) is 1. The lowest BCUT2D eigenvalue weighted by Crippen LogP contribution is -2.01. The van der Waals surface area contributed by atoms with Gasteiger partial charge in [0.05, 0.1) is 11.1 Å². The first-order valence-corrected chi connectivity index (χ1v) is 6.09. The molecule has 0 saturated heterocycles. The Labute approximate surface area is 120 Å². The maximum absolute atomic E-state index is 11.0. The van der Waals surface area contributed by atoms with Crippen LogP contribution >= 0.6 is 11.6 Å². The number of benzene rings is 1. The number of aromatic nitrogens is 2. The zero-order valence-electron chi connectivity index (χ0n) is 10.9. The van der Waals surface area contributed by atoms with Gasteiger partial charge in [0, 0.05) is 12.1 Å². The molecule has 1 N–H and O–H groups in total. The van der Waals surface area contributed by atoms with Crippen LogP contribution in [0.2, 0.25) is 5.02 Å². The van der Waals surface area contributed by atoms with Gasteiger partial charge in [-0.2, -0.15) is 10.2 Å². The maximum Gasteiger partial charge on any atom is 0.335 e. The Balaban J connectivity index is 2.19. The van der Waals surface area contributed by atoms with Crippen molar-refractivity contribution in [3.8, 4) is 0 Å². The van der Waals surface area contributed by atoms with Crippen molar-refractivity contribution in [3.63, 3.8) is 0 Å². The van der Waals surface area contributed by atoms with Crippen LogP contribution in [0.15, 0.2) is 29.4 Å². The predicted octanol–water partition coefficient (Wildman–Crippen LogP) is 2.74. The summed E-state index contributed by atoms with van der Waals surface area (Å²) in [6.45, 7) is 1.58. The number of anilines is 1. The van der Waals surface area contributed by atoms with Gasteiger partial charge >= 0.3 is 5.69 Å². The molecule has 8 heteroatoms. The van der Waals surface area contributed by atoms with E-state index in [0.29, 0.717) is 10.7 Å². The molecule has 0 aliphatic rings. The molecule has 0 amide bonds. The van der Waals surface area contributed by atoms with E-state index in [0.717, 1.165) is 5.56 Å². The van der Waals surface area contributed by atoms with Crippen LogP contribution < -0.4 is 5.43 Å². The van der Waals surface area contributed by atoms with Crippen molar-refractivity contribution >= 4 is 29.3 Å². The van der Waals surface area contributed by atoms with Crippen molar-refractivity contribution in [3.05, 3.63) is 50.7 Å². The van der Waals surface area contributed by atoms with Crippen LogP contribution in [0.4, 0.5) is 11.5 Å². The summed E-state index contributed by atoms with van der Waals surface area (Å²) in [5, 5.41) is 19.6. The first-order chi connectivity index (χ1) is 9.49. The van der Waals surface area contributed by atoms with E-state index in [1.807, 2.05) is 0 Å². The molecule has 1 aromatic heterocycles. The second kappa shape index (κ2) is 5.70. The lowest BCUT2D eigenvalue weighted by Gasteiger charge is -2.00. The van der Waals surface area contributed by atoms with Crippen LogP contribution in [-0.4, -0.2) is 20.9 Å². The molecule has 1 heterocycles. The van der Waals surface area contributed by atoms with Crippen molar-refractivity contribution in [1.82, 2.24) is 9.78 Å². The number of hydrazone groups is 1. The van der Waals surface area contributed by atoms with Gasteiger partial charge in [0.2, 0.25) is 5.82 Å². The topological polar surface area (TPSA) is 85.3 Å². The molecule has 0 aliphatic carbocycles. The van der Waals surface area contributed by atoms with E-state index in [1.165, 1.54) is 4.68 Å². The molecule has 0 unspecified atom stereocenters. The fraction of sp³-hybridized carbons (Fsp3) is 0.167. The highest BCUT2D eigenvalue weighted by Gasteiger charge is 2.23. The highest BCUT2D eigenvalue weighted by atomic mass is 35.5.